The second-order valence-corrected chi connectivity index (χ2v) is 4.53. The largest absolute Gasteiger partial charge is 0.385 e. The van der Waals surface area contributed by atoms with Crippen LogP contribution in [-0.4, -0.2) is 62.1 Å². The summed E-state index contributed by atoms with van der Waals surface area (Å²) < 4.78 is 5.04. The predicted molar refractivity (Wildman–Crippen MR) is 68.7 cm³/mol. The maximum absolute atomic E-state index is 11.8. The summed E-state index contributed by atoms with van der Waals surface area (Å²) in [6.45, 7) is 9.42. The fourth-order valence-electron chi connectivity index (χ4n) is 2.09. The van der Waals surface area contributed by atoms with Crippen LogP contribution in [0.5, 0.6) is 0 Å². The van der Waals surface area contributed by atoms with Crippen LogP contribution >= 0.6 is 0 Å². The number of rotatable bonds is 7. The second-order valence-electron chi connectivity index (χ2n) is 4.53. The summed E-state index contributed by atoms with van der Waals surface area (Å²) in [6.07, 6.45) is 3.49. The number of unbranched alkanes of at least 4 members (excludes halogenated alkanes) is 1. The highest BCUT2D eigenvalue weighted by atomic mass is 16.5. The molecule has 1 aliphatic rings. The van der Waals surface area contributed by atoms with Gasteiger partial charge in [0.2, 0.25) is 5.91 Å². The van der Waals surface area contributed by atoms with E-state index in [0.29, 0.717) is 12.3 Å². The first-order valence-corrected chi connectivity index (χ1v) is 6.56. The normalized spacial score (nSPS) is 17.4. The fourth-order valence-corrected chi connectivity index (χ4v) is 2.09. The van der Waals surface area contributed by atoms with Crippen LogP contribution in [0.3, 0.4) is 0 Å². The molecule has 1 saturated heterocycles. The van der Waals surface area contributed by atoms with E-state index in [0.717, 1.165) is 58.6 Å². The van der Waals surface area contributed by atoms with Crippen molar-refractivity contribution in [3.63, 3.8) is 0 Å². The lowest BCUT2D eigenvalue weighted by Crippen LogP contribution is -2.48. The molecule has 0 aromatic rings. The van der Waals surface area contributed by atoms with Gasteiger partial charge in [-0.25, -0.2) is 0 Å². The Morgan fingerprint density at radius 3 is 2.53 bits per heavy atom. The van der Waals surface area contributed by atoms with E-state index in [2.05, 4.69) is 11.8 Å². The summed E-state index contributed by atoms with van der Waals surface area (Å²) in [6, 6.07) is 0. The third kappa shape index (κ3) is 5.50. The molecule has 99 valence electrons. The Kier molecular flexibility index (Phi) is 7.21. The summed E-state index contributed by atoms with van der Waals surface area (Å²) in [7, 11) is 1.74. The standard InChI is InChI=1S/C13H25N2O2/c1-3-4-6-13(16)15-10-8-14(9-11-15)7-5-12-17-2/h1,3-12H2,2H3. The quantitative estimate of drug-likeness (QED) is 0.627. The van der Waals surface area contributed by atoms with Crippen molar-refractivity contribution in [3.8, 4) is 0 Å². The molecule has 1 fully saturated rings. The van der Waals surface area contributed by atoms with Crippen LogP contribution in [0.25, 0.3) is 0 Å². The smallest absolute Gasteiger partial charge is 0.222 e. The van der Waals surface area contributed by atoms with Gasteiger partial charge in [0.1, 0.15) is 0 Å². The van der Waals surface area contributed by atoms with E-state index >= 15 is 0 Å². The highest BCUT2D eigenvalue weighted by molar-refractivity contribution is 5.76. The Balaban J connectivity index is 2.14. The van der Waals surface area contributed by atoms with Crippen molar-refractivity contribution in [2.45, 2.75) is 25.7 Å². The number of ether oxygens (including phenoxy) is 1. The number of carbonyl (C=O) groups is 1. The molecule has 1 aliphatic heterocycles. The minimum Gasteiger partial charge on any atom is -0.385 e. The van der Waals surface area contributed by atoms with Crippen LogP contribution in [0.15, 0.2) is 0 Å². The zero-order valence-corrected chi connectivity index (χ0v) is 11.0. The Labute approximate surface area is 105 Å². The van der Waals surface area contributed by atoms with Crippen LogP contribution < -0.4 is 0 Å². The van der Waals surface area contributed by atoms with Gasteiger partial charge in [0.25, 0.3) is 0 Å². The minimum atomic E-state index is 0.296. The molecule has 0 atom stereocenters. The van der Waals surface area contributed by atoms with Crippen LogP contribution in [0.4, 0.5) is 0 Å². The first-order chi connectivity index (χ1) is 8.27. The zero-order chi connectivity index (χ0) is 12.5. The van der Waals surface area contributed by atoms with E-state index in [9.17, 15) is 4.79 Å². The Morgan fingerprint density at radius 1 is 1.24 bits per heavy atom. The Hall–Kier alpha value is -0.610. The summed E-state index contributed by atoms with van der Waals surface area (Å²) >= 11 is 0. The molecule has 1 amide bonds. The first-order valence-electron chi connectivity index (χ1n) is 6.56. The average molecular weight is 241 g/mol. The van der Waals surface area contributed by atoms with Crippen molar-refractivity contribution < 1.29 is 9.53 Å². The summed E-state index contributed by atoms with van der Waals surface area (Å²) in [5, 5.41) is 0. The molecule has 17 heavy (non-hydrogen) atoms. The molecule has 1 heterocycles. The third-order valence-corrected chi connectivity index (χ3v) is 3.19. The van der Waals surface area contributed by atoms with Gasteiger partial charge < -0.3 is 9.64 Å². The van der Waals surface area contributed by atoms with Crippen molar-refractivity contribution in [2.24, 2.45) is 0 Å². The van der Waals surface area contributed by atoms with Gasteiger partial charge in [-0.15, -0.1) is 0 Å². The van der Waals surface area contributed by atoms with Gasteiger partial charge in [0, 0.05) is 52.9 Å². The van der Waals surface area contributed by atoms with Crippen molar-refractivity contribution >= 4 is 5.91 Å². The lowest BCUT2D eigenvalue weighted by Gasteiger charge is -2.34. The van der Waals surface area contributed by atoms with Crippen LogP contribution in [0.1, 0.15) is 25.7 Å². The fraction of sp³-hybridized carbons (Fsp3) is 0.846. The van der Waals surface area contributed by atoms with Gasteiger partial charge in [-0.1, -0.05) is 13.3 Å². The number of hydrogen-bond acceptors (Lipinski definition) is 3. The number of piperazine rings is 1. The monoisotopic (exact) mass is 241 g/mol. The van der Waals surface area contributed by atoms with Crippen molar-refractivity contribution in [1.29, 1.82) is 0 Å². The molecule has 4 heteroatoms. The van der Waals surface area contributed by atoms with Crippen molar-refractivity contribution in [3.05, 3.63) is 6.92 Å². The predicted octanol–water partition coefficient (Wildman–Crippen LogP) is 1.17. The summed E-state index contributed by atoms with van der Waals surface area (Å²) in [5.41, 5.74) is 0. The number of methoxy groups -OCH3 is 1. The lowest BCUT2D eigenvalue weighted by molar-refractivity contribution is -0.133. The maximum atomic E-state index is 11.8. The Morgan fingerprint density at radius 2 is 1.94 bits per heavy atom. The molecule has 0 bridgehead atoms. The zero-order valence-electron chi connectivity index (χ0n) is 11.0. The highest BCUT2D eigenvalue weighted by Crippen LogP contribution is 2.06. The van der Waals surface area contributed by atoms with Crippen LogP contribution in [-0.2, 0) is 9.53 Å². The molecule has 4 nitrogen and oxygen atoms in total. The van der Waals surface area contributed by atoms with Gasteiger partial charge in [0.15, 0.2) is 0 Å². The second kappa shape index (κ2) is 8.48. The van der Waals surface area contributed by atoms with Gasteiger partial charge in [-0.3, -0.25) is 9.69 Å². The van der Waals surface area contributed by atoms with Gasteiger partial charge >= 0.3 is 0 Å². The summed E-state index contributed by atoms with van der Waals surface area (Å²) in [4.78, 5) is 16.2. The number of amides is 1. The third-order valence-electron chi connectivity index (χ3n) is 3.19. The molecule has 1 radical (unpaired) electrons. The van der Waals surface area contributed by atoms with E-state index in [-0.39, 0.29) is 0 Å². The van der Waals surface area contributed by atoms with Gasteiger partial charge in [-0.2, -0.15) is 0 Å². The molecular formula is C13H25N2O2. The average Bonchev–Trinajstić information content (AvgIpc) is 2.37. The maximum Gasteiger partial charge on any atom is 0.222 e. The Bertz CT molecular complexity index is 213. The van der Waals surface area contributed by atoms with E-state index in [1.165, 1.54) is 0 Å². The molecule has 0 aliphatic carbocycles. The summed E-state index contributed by atoms with van der Waals surface area (Å²) in [5.74, 6) is 0.296. The molecule has 1 rings (SSSR count). The molecule has 0 aromatic heterocycles. The molecular weight excluding hydrogens is 216 g/mol. The van der Waals surface area contributed by atoms with E-state index in [1.54, 1.807) is 7.11 Å². The van der Waals surface area contributed by atoms with Gasteiger partial charge in [-0.05, 0) is 12.8 Å². The molecule has 0 unspecified atom stereocenters. The van der Waals surface area contributed by atoms with E-state index < -0.39 is 0 Å². The number of hydrogen-bond donors (Lipinski definition) is 0. The first kappa shape index (κ1) is 14.5. The van der Waals surface area contributed by atoms with E-state index in [1.807, 2.05) is 4.90 Å². The molecule has 0 spiro atoms. The number of nitrogens with zero attached hydrogens (tertiary/aromatic N) is 2. The SMILES string of the molecule is [CH2]CCCC(=O)N1CCN(CCCOC)CC1. The van der Waals surface area contributed by atoms with Gasteiger partial charge in [0.05, 0.1) is 0 Å². The molecule has 0 N–H and O–H groups in total. The van der Waals surface area contributed by atoms with Crippen molar-refractivity contribution in [2.75, 3.05) is 46.4 Å². The molecule has 0 aromatic carbocycles. The van der Waals surface area contributed by atoms with Crippen molar-refractivity contribution in [1.82, 2.24) is 9.80 Å². The highest BCUT2D eigenvalue weighted by Gasteiger charge is 2.19. The lowest BCUT2D eigenvalue weighted by atomic mass is 10.2. The number of carbonyl (C=O) groups excluding carboxylic acids is 1. The van der Waals surface area contributed by atoms with Crippen LogP contribution in [0, 0.1) is 6.92 Å². The topological polar surface area (TPSA) is 32.8 Å². The minimum absolute atomic E-state index is 0.296. The van der Waals surface area contributed by atoms with E-state index in [4.69, 9.17) is 4.74 Å². The molecule has 0 saturated carbocycles. The van der Waals surface area contributed by atoms with Crippen LogP contribution in [0.2, 0.25) is 0 Å².